The van der Waals surface area contributed by atoms with Crippen LogP contribution in [0.25, 0.3) is 0 Å². The van der Waals surface area contributed by atoms with Gasteiger partial charge in [0.1, 0.15) is 5.82 Å². The second-order valence-corrected chi connectivity index (χ2v) is 3.16. The average Bonchev–Trinajstić information content (AvgIpc) is 2.14. The summed E-state index contributed by atoms with van der Waals surface area (Å²) in [6.07, 6.45) is 2.28. The number of rotatable bonds is 4. The van der Waals surface area contributed by atoms with E-state index in [4.69, 9.17) is 5.73 Å². The van der Waals surface area contributed by atoms with E-state index >= 15 is 0 Å². The molecule has 1 amide bonds. The van der Waals surface area contributed by atoms with Gasteiger partial charge < -0.3 is 11.1 Å². The van der Waals surface area contributed by atoms with Crippen molar-refractivity contribution in [2.75, 3.05) is 12.3 Å². The molecule has 1 rings (SSSR count). The second-order valence-electron chi connectivity index (χ2n) is 3.16. The number of aromatic nitrogens is 2. The molecule has 0 saturated carbocycles. The molecule has 0 aliphatic rings. The molecule has 0 spiro atoms. The summed E-state index contributed by atoms with van der Waals surface area (Å²) < 4.78 is 1.46. The van der Waals surface area contributed by atoms with E-state index in [1.807, 2.05) is 0 Å². The number of aryl methyl sites for hydroxylation is 1. The Morgan fingerprint density at radius 2 is 2.40 bits per heavy atom. The van der Waals surface area contributed by atoms with Crippen LogP contribution in [0, 0.1) is 0 Å². The minimum Gasteiger partial charge on any atom is -0.383 e. The van der Waals surface area contributed by atoms with Crippen molar-refractivity contribution in [3.8, 4) is 0 Å². The van der Waals surface area contributed by atoms with Gasteiger partial charge in [0.15, 0.2) is 0 Å². The van der Waals surface area contributed by atoms with Crippen molar-refractivity contribution >= 4 is 11.7 Å². The zero-order valence-corrected chi connectivity index (χ0v) is 8.56. The highest BCUT2D eigenvalue weighted by molar-refractivity contribution is 5.72. The summed E-state index contributed by atoms with van der Waals surface area (Å²) in [5.41, 5.74) is 4.98. The van der Waals surface area contributed by atoms with Crippen molar-refractivity contribution in [1.29, 1.82) is 0 Å². The fourth-order valence-electron chi connectivity index (χ4n) is 1.13. The first-order chi connectivity index (χ1) is 7.09. The Morgan fingerprint density at radius 1 is 1.67 bits per heavy atom. The highest BCUT2D eigenvalue weighted by Crippen LogP contribution is 1.90. The molecule has 6 nitrogen and oxygen atoms in total. The molecular weight excluding hydrogens is 196 g/mol. The summed E-state index contributed by atoms with van der Waals surface area (Å²) in [4.78, 5) is 25.4. The van der Waals surface area contributed by atoms with E-state index in [1.165, 1.54) is 11.5 Å². The first kappa shape index (κ1) is 11.2. The molecule has 1 aromatic rings. The van der Waals surface area contributed by atoms with Crippen LogP contribution < -0.4 is 16.7 Å². The van der Waals surface area contributed by atoms with Crippen LogP contribution in [0.4, 0.5) is 5.82 Å². The van der Waals surface area contributed by atoms with E-state index < -0.39 is 0 Å². The zero-order valence-electron chi connectivity index (χ0n) is 8.56. The number of nitrogens with one attached hydrogen (secondary N) is 1. The van der Waals surface area contributed by atoms with Gasteiger partial charge in [-0.15, -0.1) is 0 Å². The van der Waals surface area contributed by atoms with Crippen LogP contribution in [0.3, 0.4) is 0 Å². The molecule has 0 saturated heterocycles. The Morgan fingerprint density at radius 3 is 3.00 bits per heavy atom. The predicted octanol–water partition coefficient (Wildman–Crippen LogP) is -0.648. The minimum atomic E-state index is -0.363. The van der Waals surface area contributed by atoms with Gasteiger partial charge in [-0.3, -0.25) is 9.36 Å². The summed E-state index contributed by atoms with van der Waals surface area (Å²) in [5.74, 6) is 0.149. The van der Waals surface area contributed by atoms with Gasteiger partial charge in [-0.25, -0.2) is 4.79 Å². The maximum absolute atomic E-state index is 11.3. The molecule has 1 heterocycles. The average molecular weight is 210 g/mol. The van der Waals surface area contributed by atoms with Crippen LogP contribution in [0.5, 0.6) is 0 Å². The van der Waals surface area contributed by atoms with Crippen LogP contribution in [0.1, 0.15) is 13.3 Å². The van der Waals surface area contributed by atoms with E-state index in [9.17, 15) is 9.59 Å². The number of nitrogens with two attached hydrogens (primary N) is 1. The molecule has 0 aromatic carbocycles. The molecule has 15 heavy (non-hydrogen) atoms. The number of hydrogen-bond acceptors (Lipinski definition) is 4. The molecule has 0 unspecified atom stereocenters. The van der Waals surface area contributed by atoms with Crippen molar-refractivity contribution in [3.05, 3.63) is 22.7 Å². The largest absolute Gasteiger partial charge is 0.383 e. The van der Waals surface area contributed by atoms with Gasteiger partial charge >= 0.3 is 5.69 Å². The molecule has 82 valence electrons. The standard InChI is InChI=1S/C9H14N4O2/c1-7(14)11-4-2-5-13-6-3-8(10)12-9(13)15/h3,6H,2,4-5H2,1H3,(H,11,14)(H2,10,12,15). The van der Waals surface area contributed by atoms with Crippen molar-refractivity contribution in [2.24, 2.45) is 0 Å². The Kier molecular flexibility index (Phi) is 3.84. The maximum atomic E-state index is 11.3. The molecule has 1 aromatic heterocycles. The fraction of sp³-hybridized carbons (Fsp3) is 0.444. The third-order valence-corrected chi connectivity index (χ3v) is 1.85. The minimum absolute atomic E-state index is 0.0715. The number of nitrogens with zero attached hydrogens (tertiary/aromatic N) is 2. The van der Waals surface area contributed by atoms with E-state index in [0.29, 0.717) is 19.5 Å². The van der Waals surface area contributed by atoms with Crippen LogP contribution in [-0.2, 0) is 11.3 Å². The normalized spacial score (nSPS) is 9.93. The summed E-state index contributed by atoms with van der Waals surface area (Å²) >= 11 is 0. The summed E-state index contributed by atoms with van der Waals surface area (Å²) in [5, 5.41) is 2.65. The number of hydrogen-bond donors (Lipinski definition) is 2. The van der Waals surface area contributed by atoms with Crippen LogP contribution in [0.2, 0.25) is 0 Å². The lowest BCUT2D eigenvalue weighted by Crippen LogP contribution is -2.26. The lowest BCUT2D eigenvalue weighted by atomic mass is 10.4. The highest BCUT2D eigenvalue weighted by Gasteiger charge is 1.97. The Balaban J connectivity index is 2.44. The number of amides is 1. The first-order valence-electron chi connectivity index (χ1n) is 4.67. The first-order valence-corrected chi connectivity index (χ1v) is 4.67. The van der Waals surface area contributed by atoms with Crippen molar-refractivity contribution in [1.82, 2.24) is 14.9 Å². The van der Waals surface area contributed by atoms with Crippen molar-refractivity contribution in [3.63, 3.8) is 0 Å². The van der Waals surface area contributed by atoms with E-state index in [1.54, 1.807) is 12.3 Å². The lowest BCUT2D eigenvalue weighted by molar-refractivity contribution is -0.118. The summed E-state index contributed by atoms with van der Waals surface area (Å²) in [6.45, 7) is 2.52. The Bertz CT molecular complexity index is 399. The van der Waals surface area contributed by atoms with Gasteiger partial charge in [-0.1, -0.05) is 0 Å². The molecule has 0 atom stereocenters. The summed E-state index contributed by atoms with van der Waals surface area (Å²) in [6, 6.07) is 1.57. The molecular formula is C9H14N4O2. The second kappa shape index (κ2) is 5.14. The van der Waals surface area contributed by atoms with E-state index in [2.05, 4.69) is 10.3 Å². The Hall–Kier alpha value is -1.85. The monoisotopic (exact) mass is 210 g/mol. The van der Waals surface area contributed by atoms with Crippen molar-refractivity contribution < 1.29 is 4.79 Å². The molecule has 3 N–H and O–H groups in total. The van der Waals surface area contributed by atoms with Crippen LogP contribution >= 0.6 is 0 Å². The van der Waals surface area contributed by atoms with E-state index in [0.717, 1.165) is 0 Å². The Labute approximate surface area is 87.1 Å². The molecule has 0 fully saturated rings. The van der Waals surface area contributed by atoms with Crippen LogP contribution in [0.15, 0.2) is 17.1 Å². The highest BCUT2D eigenvalue weighted by atomic mass is 16.1. The topological polar surface area (TPSA) is 90.0 Å². The van der Waals surface area contributed by atoms with Gasteiger partial charge in [-0.2, -0.15) is 4.98 Å². The number of nitrogen functional groups attached to an aromatic ring is 1. The van der Waals surface area contributed by atoms with Gasteiger partial charge in [0.05, 0.1) is 0 Å². The van der Waals surface area contributed by atoms with Crippen LogP contribution in [-0.4, -0.2) is 22.0 Å². The third-order valence-electron chi connectivity index (χ3n) is 1.85. The quantitative estimate of drug-likeness (QED) is 0.646. The third kappa shape index (κ3) is 3.80. The predicted molar refractivity (Wildman–Crippen MR) is 56.2 cm³/mol. The number of carbonyl (C=O) groups excluding carboxylic acids is 1. The van der Waals surface area contributed by atoms with Gasteiger partial charge in [0.25, 0.3) is 0 Å². The van der Waals surface area contributed by atoms with E-state index in [-0.39, 0.29) is 17.4 Å². The number of carbonyl (C=O) groups is 1. The maximum Gasteiger partial charge on any atom is 0.349 e. The smallest absolute Gasteiger partial charge is 0.349 e. The van der Waals surface area contributed by atoms with Crippen molar-refractivity contribution in [2.45, 2.75) is 19.9 Å². The van der Waals surface area contributed by atoms with Gasteiger partial charge in [0, 0.05) is 26.2 Å². The van der Waals surface area contributed by atoms with Gasteiger partial charge in [0.2, 0.25) is 5.91 Å². The molecule has 0 radical (unpaired) electrons. The number of anilines is 1. The molecule has 6 heteroatoms. The van der Waals surface area contributed by atoms with Gasteiger partial charge in [-0.05, 0) is 12.5 Å². The SMILES string of the molecule is CC(=O)NCCCn1ccc(N)nc1=O. The molecule has 0 aliphatic carbocycles. The summed E-state index contributed by atoms with van der Waals surface area (Å²) in [7, 11) is 0. The molecule has 0 bridgehead atoms. The lowest BCUT2D eigenvalue weighted by Gasteiger charge is -2.05. The molecule has 0 aliphatic heterocycles. The zero-order chi connectivity index (χ0) is 11.3. The fourth-order valence-corrected chi connectivity index (χ4v) is 1.13.